The van der Waals surface area contributed by atoms with Crippen molar-refractivity contribution in [1.82, 2.24) is 0 Å². The van der Waals surface area contributed by atoms with Gasteiger partial charge in [-0.25, -0.2) is 0 Å². The second kappa shape index (κ2) is 6.68. The molecule has 28 heavy (non-hydrogen) atoms. The van der Waals surface area contributed by atoms with Crippen LogP contribution in [0.1, 0.15) is 41.3 Å². The number of Topliss-reactive ketones (excluding diaryl/α,β-unsaturated/α-hetero) is 1. The molecule has 0 fully saturated rings. The van der Waals surface area contributed by atoms with Gasteiger partial charge in [0.05, 0.1) is 5.57 Å². The molecule has 0 saturated heterocycles. The molecule has 0 unspecified atom stereocenters. The molecular weight excluding hydrogens is 348 g/mol. The van der Waals surface area contributed by atoms with Crippen LogP contribution in [0.4, 0.5) is 0 Å². The van der Waals surface area contributed by atoms with E-state index in [-0.39, 0.29) is 11.1 Å². The van der Waals surface area contributed by atoms with Crippen LogP contribution in [0.2, 0.25) is 0 Å². The highest BCUT2D eigenvalue weighted by atomic mass is 16.5. The molecule has 1 aliphatic carbocycles. The Kier molecular flexibility index (Phi) is 4.18. The van der Waals surface area contributed by atoms with Crippen LogP contribution in [0.3, 0.4) is 0 Å². The minimum absolute atomic E-state index is 0.111. The molecule has 0 aromatic heterocycles. The number of hydrogen-bond acceptors (Lipinski definition) is 4. The Morgan fingerprint density at radius 1 is 0.857 bits per heavy atom. The van der Waals surface area contributed by atoms with Gasteiger partial charge in [0.2, 0.25) is 5.78 Å². The van der Waals surface area contributed by atoms with Gasteiger partial charge >= 0.3 is 0 Å². The molecule has 0 atom stereocenters. The average Bonchev–Trinajstić information content (AvgIpc) is 2.71. The second-order valence-electron chi connectivity index (χ2n) is 6.97. The average molecular weight is 364 g/mol. The van der Waals surface area contributed by atoms with Crippen LogP contribution in [0.15, 0.2) is 60.2 Å². The number of hydrogen-bond donors (Lipinski definition) is 0. The van der Waals surface area contributed by atoms with Crippen molar-refractivity contribution in [3.8, 4) is 23.6 Å². The van der Waals surface area contributed by atoms with Gasteiger partial charge in [0.1, 0.15) is 29.2 Å². The molecule has 4 nitrogen and oxygen atoms in total. The molecule has 4 rings (SSSR count). The van der Waals surface area contributed by atoms with Crippen molar-refractivity contribution in [2.24, 2.45) is 0 Å². The monoisotopic (exact) mass is 364 g/mol. The van der Waals surface area contributed by atoms with Crippen LogP contribution in [0.5, 0.6) is 11.5 Å². The zero-order valence-corrected chi connectivity index (χ0v) is 15.5. The fraction of sp³-hybridized carbons (Fsp3) is 0.125. The number of rotatable bonds is 3. The van der Waals surface area contributed by atoms with E-state index in [1.54, 1.807) is 24.3 Å². The zero-order valence-electron chi connectivity index (χ0n) is 15.5. The number of carbonyl (C=O) groups excluding carboxylic acids is 1. The van der Waals surface area contributed by atoms with E-state index in [9.17, 15) is 15.3 Å². The number of ether oxygens (including phenoxy) is 1. The van der Waals surface area contributed by atoms with E-state index in [2.05, 4.69) is 13.8 Å². The molecule has 0 bridgehead atoms. The van der Waals surface area contributed by atoms with Crippen LogP contribution >= 0.6 is 0 Å². The van der Waals surface area contributed by atoms with Gasteiger partial charge in [0.15, 0.2) is 0 Å². The lowest BCUT2D eigenvalue weighted by Crippen LogP contribution is -2.11. The summed E-state index contributed by atoms with van der Waals surface area (Å²) in [4.78, 5) is 12.7. The summed E-state index contributed by atoms with van der Waals surface area (Å²) in [5.74, 6) is 1.31. The SMILES string of the molecule is CC(C)c1ccc(Oc2ccc3c4c(cccc24)C(=O)C(C#N)=C3C#N)cc1. The van der Waals surface area contributed by atoms with Gasteiger partial charge < -0.3 is 4.74 Å². The molecule has 3 aromatic carbocycles. The maximum absolute atomic E-state index is 12.7. The molecule has 1 aliphatic rings. The van der Waals surface area contributed by atoms with Gasteiger partial charge in [-0.3, -0.25) is 4.79 Å². The van der Waals surface area contributed by atoms with Gasteiger partial charge in [-0.05, 0) is 35.7 Å². The van der Waals surface area contributed by atoms with Crippen molar-refractivity contribution in [2.45, 2.75) is 19.8 Å². The number of nitriles is 2. The topological polar surface area (TPSA) is 73.9 Å². The number of allylic oxidation sites excluding steroid dienone is 2. The van der Waals surface area contributed by atoms with E-state index in [4.69, 9.17) is 4.74 Å². The minimum atomic E-state index is -0.421. The smallest absolute Gasteiger partial charge is 0.205 e. The van der Waals surface area contributed by atoms with Crippen LogP contribution in [0.25, 0.3) is 16.3 Å². The number of nitrogens with zero attached hydrogens (tertiary/aromatic N) is 2. The third-order valence-electron chi connectivity index (χ3n) is 4.99. The summed E-state index contributed by atoms with van der Waals surface area (Å²) >= 11 is 0. The second-order valence-corrected chi connectivity index (χ2v) is 6.97. The predicted molar refractivity (Wildman–Crippen MR) is 107 cm³/mol. The number of carbonyl (C=O) groups is 1. The van der Waals surface area contributed by atoms with E-state index in [0.29, 0.717) is 33.9 Å². The van der Waals surface area contributed by atoms with Crippen molar-refractivity contribution in [2.75, 3.05) is 0 Å². The van der Waals surface area contributed by atoms with Gasteiger partial charge in [-0.1, -0.05) is 44.2 Å². The number of benzene rings is 3. The highest BCUT2D eigenvalue weighted by molar-refractivity contribution is 6.28. The summed E-state index contributed by atoms with van der Waals surface area (Å²) in [6, 6.07) is 20.6. The molecule has 0 amide bonds. The zero-order chi connectivity index (χ0) is 19.8. The Bertz CT molecular complexity index is 1240. The summed E-state index contributed by atoms with van der Waals surface area (Å²) in [6.45, 7) is 4.27. The third-order valence-corrected chi connectivity index (χ3v) is 4.99. The minimum Gasteiger partial charge on any atom is -0.457 e. The summed E-state index contributed by atoms with van der Waals surface area (Å²) in [7, 11) is 0. The van der Waals surface area contributed by atoms with Crippen molar-refractivity contribution in [1.29, 1.82) is 10.5 Å². The third kappa shape index (κ3) is 2.64. The highest BCUT2D eigenvalue weighted by Crippen LogP contribution is 2.41. The molecule has 0 saturated carbocycles. The maximum Gasteiger partial charge on any atom is 0.205 e. The molecule has 0 spiro atoms. The molecule has 0 N–H and O–H groups in total. The normalized spacial score (nSPS) is 12.8. The summed E-state index contributed by atoms with van der Waals surface area (Å²) in [6.07, 6.45) is 0. The van der Waals surface area contributed by atoms with E-state index < -0.39 is 5.78 Å². The van der Waals surface area contributed by atoms with E-state index in [1.807, 2.05) is 42.5 Å². The fourth-order valence-corrected chi connectivity index (χ4v) is 3.52. The first-order valence-corrected chi connectivity index (χ1v) is 8.98. The molecule has 3 aromatic rings. The Hall–Kier alpha value is -3.89. The van der Waals surface area contributed by atoms with E-state index >= 15 is 0 Å². The van der Waals surface area contributed by atoms with Crippen LogP contribution in [0, 0.1) is 22.7 Å². The first kappa shape index (κ1) is 17.5. The highest BCUT2D eigenvalue weighted by Gasteiger charge is 2.28. The van der Waals surface area contributed by atoms with Crippen molar-refractivity contribution in [3.63, 3.8) is 0 Å². The Morgan fingerprint density at radius 3 is 2.21 bits per heavy atom. The van der Waals surface area contributed by atoms with Gasteiger partial charge in [0, 0.05) is 21.9 Å². The standard InChI is InChI=1S/C24H16N2O2/c1-14(2)15-6-8-16(9-7-15)28-22-11-10-17-20(12-25)21(13-26)24(27)19-5-3-4-18(22)23(17)19/h3-11,14H,1-2H3. The van der Waals surface area contributed by atoms with Crippen LogP contribution in [-0.2, 0) is 0 Å². The summed E-state index contributed by atoms with van der Waals surface area (Å²) in [5, 5.41) is 20.3. The Labute approximate surface area is 162 Å². The van der Waals surface area contributed by atoms with Crippen molar-refractivity contribution in [3.05, 3.63) is 76.9 Å². The Morgan fingerprint density at radius 2 is 1.57 bits per heavy atom. The van der Waals surface area contributed by atoms with Gasteiger partial charge in [-0.15, -0.1) is 0 Å². The molecular formula is C24H16N2O2. The fourth-order valence-electron chi connectivity index (χ4n) is 3.52. The van der Waals surface area contributed by atoms with Crippen LogP contribution < -0.4 is 4.74 Å². The first-order valence-electron chi connectivity index (χ1n) is 8.98. The van der Waals surface area contributed by atoms with Crippen molar-refractivity contribution < 1.29 is 9.53 Å². The van der Waals surface area contributed by atoms with E-state index in [1.165, 1.54) is 5.56 Å². The molecule has 0 heterocycles. The number of ketones is 1. The van der Waals surface area contributed by atoms with Crippen molar-refractivity contribution >= 4 is 22.1 Å². The molecule has 0 radical (unpaired) electrons. The molecule has 0 aliphatic heterocycles. The molecule has 4 heteroatoms. The van der Waals surface area contributed by atoms with E-state index in [0.717, 1.165) is 5.39 Å². The van der Waals surface area contributed by atoms with Gasteiger partial charge in [0.25, 0.3) is 0 Å². The lowest BCUT2D eigenvalue weighted by molar-refractivity contribution is 0.104. The maximum atomic E-state index is 12.7. The lowest BCUT2D eigenvalue weighted by atomic mass is 9.83. The summed E-state index contributed by atoms with van der Waals surface area (Å²) in [5.41, 5.74) is 2.24. The van der Waals surface area contributed by atoms with Crippen LogP contribution in [-0.4, -0.2) is 5.78 Å². The molecule has 134 valence electrons. The van der Waals surface area contributed by atoms with Gasteiger partial charge in [-0.2, -0.15) is 10.5 Å². The lowest BCUT2D eigenvalue weighted by Gasteiger charge is -2.18. The first-order chi connectivity index (χ1) is 13.5. The Balaban J connectivity index is 1.87. The largest absolute Gasteiger partial charge is 0.457 e. The quantitative estimate of drug-likeness (QED) is 0.593. The summed E-state index contributed by atoms with van der Waals surface area (Å²) < 4.78 is 6.09. The predicted octanol–water partition coefficient (Wildman–Crippen LogP) is 5.75.